The van der Waals surface area contributed by atoms with Crippen LogP contribution in [0, 0.1) is 0 Å². The van der Waals surface area contributed by atoms with Crippen molar-refractivity contribution in [2.24, 2.45) is 0 Å². The average molecular weight is 452 g/mol. The molecule has 3 rings (SSSR count). The van der Waals surface area contributed by atoms with Gasteiger partial charge in [0, 0.05) is 17.5 Å². The van der Waals surface area contributed by atoms with Gasteiger partial charge >= 0.3 is 17.7 Å². The molecule has 0 spiro atoms. The van der Waals surface area contributed by atoms with E-state index in [4.69, 9.17) is 13.9 Å². The number of hydrogen-bond donors (Lipinski definition) is 1. The number of rotatable bonds is 10. The molecular weight excluding hydrogens is 422 g/mol. The van der Waals surface area contributed by atoms with Crippen molar-refractivity contribution in [1.29, 1.82) is 0 Å². The Labute approximate surface area is 192 Å². The van der Waals surface area contributed by atoms with E-state index in [1.54, 1.807) is 12.1 Å². The van der Waals surface area contributed by atoms with Crippen molar-refractivity contribution in [3.8, 4) is 5.75 Å². The normalized spacial score (nSPS) is 11.7. The van der Waals surface area contributed by atoms with Crippen LogP contribution >= 0.6 is 0 Å². The molecule has 33 heavy (non-hydrogen) atoms. The molecule has 7 heteroatoms. The number of carbonyl (C=O) groups excluding carboxylic acids is 2. The van der Waals surface area contributed by atoms with Crippen LogP contribution in [0.1, 0.15) is 50.7 Å². The number of esters is 1. The van der Waals surface area contributed by atoms with E-state index in [0.717, 1.165) is 42.2 Å². The number of carbonyl (C=O) groups is 2. The Morgan fingerprint density at radius 2 is 1.82 bits per heavy atom. The van der Waals surface area contributed by atoms with Crippen molar-refractivity contribution in [2.45, 2.75) is 58.6 Å². The summed E-state index contributed by atoms with van der Waals surface area (Å²) in [6, 6.07) is 14.9. The van der Waals surface area contributed by atoms with E-state index in [0.29, 0.717) is 12.0 Å². The van der Waals surface area contributed by atoms with E-state index in [9.17, 15) is 14.4 Å². The number of benzene rings is 2. The SMILES string of the molecule is CCCCC(NC(=O)OCc1ccccc1)C(=O)Oc1ccc2c(CCC)cc(=O)oc2c1. The first kappa shape index (κ1) is 24.0. The maximum atomic E-state index is 12.8. The van der Waals surface area contributed by atoms with Gasteiger partial charge in [-0.3, -0.25) is 0 Å². The first-order valence-electron chi connectivity index (χ1n) is 11.3. The Morgan fingerprint density at radius 3 is 2.55 bits per heavy atom. The molecule has 0 fully saturated rings. The molecule has 1 aromatic heterocycles. The number of aryl methyl sites for hydroxylation is 1. The largest absolute Gasteiger partial charge is 0.445 e. The Morgan fingerprint density at radius 1 is 1.03 bits per heavy atom. The predicted molar refractivity (Wildman–Crippen MR) is 125 cm³/mol. The fourth-order valence-corrected chi connectivity index (χ4v) is 3.50. The second-order valence-corrected chi connectivity index (χ2v) is 7.82. The van der Waals surface area contributed by atoms with Crippen LogP contribution in [0.3, 0.4) is 0 Å². The van der Waals surface area contributed by atoms with Gasteiger partial charge in [-0.15, -0.1) is 0 Å². The maximum absolute atomic E-state index is 12.8. The molecule has 0 saturated heterocycles. The monoisotopic (exact) mass is 451 g/mol. The average Bonchev–Trinajstić information content (AvgIpc) is 2.81. The molecule has 1 amide bonds. The van der Waals surface area contributed by atoms with Crippen molar-refractivity contribution in [2.75, 3.05) is 0 Å². The van der Waals surface area contributed by atoms with E-state index in [1.807, 2.05) is 44.2 Å². The Bertz CT molecular complexity index is 1140. The molecule has 0 radical (unpaired) electrons. The van der Waals surface area contributed by atoms with Gasteiger partial charge in [-0.1, -0.05) is 63.4 Å². The smallest absolute Gasteiger partial charge is 0.408 e. The summed E-state index contributed by atoms with van der Waals surface area (Å²) in [5, 5.41) is 3.41. The van der Waals surface area contributed by atoms with Gasteiger partial charge in [-0.05, 0) is 36.1 Å². The molecule has 7 nitrogen and oxygen atoms in total. The molecule has 3 aromatic rings. The molecule has 0 bridgehead atoms. The highest BCUT2D eigenvalue weighted by atomic mass is 16.6. The van der Waals surface area contributed by atoms with Crippen LogP contribution in [0.4, 0.5) is 4.79 Å². The summed E-state index contributed by atoms with van der Waals surface area (Å²) in [4.78, 5) is 37.0. The van der Waals surface area contributed by atoms with E-state index in [2.05, 4.69) is 5.32 Å². The van der Waals surface area contributed by atoms with Crippen LogP contribution in [-0.2, 0) is 22.6 Å². The summed E-state index contributed by atoms with van der Waals surface area (Å²) in [5.74, 6) is -0.364. The summed E-state index contributed by atoms with van der Waals surface area (Å²) in [7, 11) is 0. The van der Waals surface area contributed by atoms with Gasteiger partial charge in [0.25, 0.3) is 0 Å². The van der Waals surface area contributed by atoms with Gasteiger partial charge in [-0.25, -0.2) is 14.4 Å². The zero-order valence-corrected chi connectivity index (χ0v) is 19.0. The van der Waals surface area contributed by atoms with Gasteiger partial charge in [0.15, 0.2) is 0 Å². The van der Waals surface area contributed by atoms with Crippen LogP contribution in [0.25, 0.3) is 11.0 Å². The number of unbranched alkanes of at least 4 members (excludes halogenated alkanes) is 1. The quantitative estimate of drug-likeness (QED) is 0.261. The third kappa shape index (κ3) is 6.94. The van der Waals surface area contributed by atoms with Crippen LogP contribution in [-0.4, -0.2) is 18.1 Å². The summed E-state index contributed by atoms with van der Waals surface area (Å²) in [6.45, 7) is 4.13. The molecule has 0 aliphatic heterocycles. The zero-order chi connectivity index (χ0) is 23.6. The lowest BCUT2D eigenvalue weighted by molar-refractivity contribution is -0.136. The molecule has 1 N–H and O–H groups in total. The highest BCUT2D eigenvalue weighted by molar-refractivity contribution is 5.85. The number of hydrogen-bond acceptors (Lipinski definition) is 6. The minimum absolute atomic E-state index is 0.103. The summed E-state index contributed by atoms with van der Waals surface area (Å²) in [6.07, 6.45) is 2.94. The van der Waals surface area contributed by atoms with Crippen LogP contribution in [0.2, 0.25) is 0 Å². The minimum atomic E-state index is -0.859. The molecule has 0 aliphatic rings. The van der Waals surface area contributed by atoms with E-state index in [1.165, 1.54) is 12.1 Å². The van der Waals surface area contributed by atoms with Crippen LogP contribution in [0.5, 0.6) is 5.75 Å². The lowest BCUT2D eigenvalue weighted by Gasteiger charge is -2.17. The van der Waals surface area contributed by atoms with Crippen molar-refractivity contribution in [3.05, 3.63) is 76.1 Å². The molecule has 0 aliphatic carbocycles. The molecule has 1 unspecified atom stereocenters. The lowest BCUT2D eigenvalue weighted by Crippen LogP contribution is -2.43. The van der Waals surface area contributed by atoms with Gasteiger partial charge in [0.1, 0.15) is 24.0 Å². The van der Waals surface area contributed by atoms with E-state index >= 15 is 0 Å². The Kier molecular flexibility index (Phi) is 8.63. The summed E-state index contributed by atoms with van der Waals surface area (Å²) >= 11 is 0. The molecule has 1 heterocycles. The second-order valence-electron chi connectivity index (χ2n) is 7.82. The number of alkyl carbamates (subject to hydrolysis) is 1. The van der Waals surface area contributed by atoms with Gasteiger partial charge in [0.05, 0.1) is 0 Å². The van der Waals surface area contributed by atoms with Crippen molar-refractivity contribution >= 4 is 23.0 Å². The molecule has 174 valence electrons. The predicted octanol–water partition coefficient (Wildman–Crippen LogP) is 5.14. The van der Waals surface area contributed by atoms with E-state index in [-0.39, 0.29) is 12.4 Å². The van der Waals surface area contributed by atoms with Crippen molar-refractivity contribution in [1.82, 2.24) is 5.32 Å². The van der Waals surface area contributed by atoms with Gasteiger partial charge < -0.3 is 19.2 Å². The minimum Gasteiger partial charge on any atom is -0.445 e. The molecule has 2 aromatic carbocycles. The molecule has 0 saturated carbocycles. The first-order chi connectivity index (χ1) is 16.0. The number of ether oxygens (including phenoxy) is 2. The summed E-state index contributed by atoms with van der Waals surface area (Å²) in [5.41, 5.74) is 1.65. The van der Waals surface area contributed by atoms with Crippen molar-refractivity contribution < 1.29 is 23.5 Å². The maximum Gasteiger partial charge on any atom is 0.408 e. The highest BCUT2D eigenvalue weighted by Crippen LogP contribution is 2.24. The molecular formula is C26H29NO6. The number of amides is 1. The van der Waals surface area contributed by atoms with Crippen LogP contribution in [0.15, 0.2) is 63.8 Å². The Balaban J connectivity index is 1.69. The second kappa shape index (κ2) is 11.9. The van der Waals surface area contributed by atoms with Gasteiger partial charge in [-0.2, -0.15) is 0 Å². The standard InChI is InChI=1S/C26H29NO6/c1-3-5-12-22(27-26(30)31-17-18-10-7-6-8-11-18)25(29)32-20-13-14-21-19(9-4-2)15-24(28)33-23(21)16-20/h6-8,10-11,13-16,22H,3-5,9,12,17H2,1-2H3,(H,27,30). The highest BCUT2D eigenvalue weighted by Gasteiger charge is 2.23. The third-order valence-corrected chi connectivity index (χ3v) is 5.18. The zero-order valence-electron chi connectivity index (χ0n) is 19.0. The third-order valence-electron chi connectivity index (χ3n) is 5.18. The van der Waals surface area contributed by atoms with E-state index < -0.39 is 23.7 Å². The fourth-order valence-electron chi connectivity index (χ4n) is 3.50. The summed E-state index contributed by atoms with van der Waals surface area (Å²) < 4.78 is 16.1. The lowest BCUT2D eigenvalue weighted by atomic mass is 10.1. The van der Waals surface area contributed by atoms with Crippen molar-refractivity contribution in [3.63, 3.8) is 0 Å². The first-order valence-corrected chi connectivity index (χ1v) is 11.3. The number of fused-ring (bicyclic) bond motifs is 1. The molecule has 1 atom stereocenters. The fraction of sp³-hybridized carbons (Fsp3) is 0.346. The Hall–Kier alpha value is -3.61. The number of nitrogens with one attached hydrogen (secondary N) is 1. The topological polar surface area (TPSA) is 94.8 Å². The van der Waals surface area contributed by atoms with Gasteiger partial charge in [0.2, 0.25) is 0 Å². The van der Waals surface area contributed by atoms with Crippen LogP contribution < -0.4 is 15.7 Å².